The summed E-state index contributed by atoms with van der Waals surface area (Å²) >= 11 is 0. The van der Waals surface area contributed by atoms with Crippen LogP contribution in [-0.4, -0.2) is 6.29 Å². The zero-order valence-electron chi connectivity index (χ0n) is 7.79. The maximum absolute atomic E-state index is 9.96. The molecule has 0 aliphatic carbocycles. The first-order valence-electron chi connectivity index (χ1n) is 3.81. The van der Waals surface area contributed by atoms with E-state index < -0.39 is 0 Å². The minimum Gasteiger partial charge on any atom is -0.299 e. The minimum absolute atomic E-state index is 0.0258. The summed E-state index contributed by atoms with van der Waals surface area (Å²) in [5.74, 6) is 2.59. The van der Waals surface area contributed by atoms with E-state index in [0.717, 1.165) is 11.9 Å². The Morgan fingerprint density at radius 1 is 1.33 bits per heavy atom. The van der Waals surface area contributed by atoms with Crippen LogP contribution in [0, 0.1) is 17.8 Å². The predicted molar refractivity (Wildman–Crippen MR) is 51.6 cm³/mol. The molecule has 0 heterocycles. The Balaban J connectivity index is 4.59. The molecule has 0 saturated heterocycles. The van der Waals surface area contributed by atoms with Gasteiger partial charge < -0.3 is 0 Å². The molecule has 0 aromatic carbocycles. The zero-order chi connectivity index (χ0) is 9.61. The highest BCUT2D eigenvalue weighted by Crippen LogP contribution is 2.23. The molecular formula is C11H14O. The molecule has 12 heavy (non-hydrogen) atoms. The van der Waals surface area contributed by atoms with E-state index in [2.05, 4.69) is 5.92 Å². The van der Waals surface area contributed by atoms with E-state index >= 15 is 0 Å². The molecule has 0 unspecified atom stereocenters. The number of carbonyl (C=O) groups is 1. The molecule has 64 valence electrons. The number of rotatable bonds is 2. The molecule has 0 aliphatic rings. The summed E-state index contributed by atoms with van der Waals surface area (Å²) in [6.07, 6.45) is 10.9. The van der Waals surface area contributed by atoms with Gasteiger partial charge in [-0.05, 0) is 11.5 Å². The average molecular weight is 162 g/mol. The summed E-state index contributed by atoms with van der Waals surface area (Å²) in [4.78, 5) is 9.96. The van der Waals surface area contributed by atoms with Gasteiger partial charge in [0.05, 0.1) is 0 Å². The fourth-order valence-corrected chi connectivity index (χ4v) is 0.712. The van der Waals surface area contributed by atoms with Crippen LogP contribution in [0.1, 0.15) is 20.8 Å². The number of carbonyl (C=O) groups excluding carboxylic acids is 1. The Kier molecular flexibility index (Phi) is 4.07. The van der Waals surface area contributed by atoms with Crippen LogP contribution in [0.25, 0.3) is 0 Å². The van der Waals surface area contributed by atoms with Crippen LogP contribution in [0.2, 0.25) is 0 Å². The maximum atomic E-state index is 9.96. The number of terminal acetylenes is 1. The molecule has 0 radical (unpaired) electrons. The second-order valence-corrected chi connectivity index (χ2v) is 3.50. The Labute approximate surface area is 74.2 Å². The van der Waals surface area contributed by atoms with Crippen molar-refractivity contribution in [2.24, 2.45) is 5.41 Å². The van der Waals surface area contributed by atoms with Gasteiger partial charge in [-0.2, -0.15) is 0 Å². The largest absolute Gasteiger partial charge is 0.299 e. The van der Waals surface area contributed by atoms with Crippen molar-refractivity contribution in [1.82, 2.24) is 0 Å². The van der Waals surface area contributed by atoms with Crippen molar-refractivity contribution in [2.75, 3.05) is 0 Å². The summed E-state index contributed by atoms with van der Waals surface area (Å²) in [5.41, 5.74) is 0.864. The highest BCUT2D eigenvalue weighted by atomic mass is 16.1. The fourth-order valence-electron chi connectivity index (χ4n) is 0.712. The van der Waals surface area contributed by atoms with Gasteiger partial charge in [0.1, 0.15) is 6.29 Å². The molecule has 0 saturated carbocycles. The van der Waals surface area contributed by atoms with Gasteiger partial charge in [-0.3, -0.25) is 4.79 Å². The third kappa shape index (κ3) is 3.78. The molecule has 0 bridgehead atoms. The van der Waals surface area contributed by atoms with Crippen LogP contribution in [0.4, 0.5) is 0 Å². The van der Waals surface area contributed by atoms with Crippen LogP contribution in [0.15, 0.2) is 23.8 Å². The van der Waals surface area contributed by atoms with E-state index in [4.69, 9.17) is 6.42 Å². The number of allylic oxidation sites excluding steroid dienone is 4. The lowest BCUT2D eigenvalue weighted by atomic mass is 9.87. The molecule has 0 rings (SSSR count). The normalized spacial score (nSPS) is 13.0. The van der Waals surface area contributed by atoms with Gasteiger partial charge in [-0.25, -0.2) is 0 Å². The highest BCUT2D eigenvalue weighted by Gasteiger charge is 2.13. The Hall–Kier alpha value is -1.29. The molecular weight excluding hydrogens is 148 g/mol. The smallest absolute Gasteiger partial charge is 0.142 e. The van der Waals surface area contributed by atoms with Gasteiger partial charge >= 0.3 is 0 Å². The SMILES string of the molecule is C#C/C(=C\C=C\C=O)C(C)(C)C. The molecule has 0 fully saturated rings. The molecule has 1 heteroatoms. The fraction of sp³-hybridized carbons (Fsp3) is 0.364. The van der Waals surface area contributed by atoms with E-state index in [0.29, 0.717) is 0 Å². The minimum atomic E-state index is -0.0258. The van der Waals surface area contributed by atoms with Crippen LogP contribution in [-0.2, 0) is 4.79 Å². The van der Waals surface area contributed by atoms with E-state index in [-0.39, 0.29) is 5.41 Å². The average Bonchev–Trinajstić information content (AvgIpc) is 1.95. The Bertz CT molecular complexity index is 243. The van der Waals surface area contributed by atoms with E-state index in [1.54, 1.807) is 12.2 Å². The van der Waals surface area contributed by atoms with Gasteiger partial charge in [0.25, 0.3) is 0 Å². The number of aldehydes is 1. The first-order chi connectivity index (χ1) is 5.52. The first-order valence-corrected chi connectivity index (χ1v) is 3.81. The Morgan fingerprint density at radius 2 is 1.92 bits per heavy atom. The van der Waals surface area contributed by atoms with Crippen molar-refractivity contribution in [3.63, 3.8) is 0 Å². The van der Waals surface area contributed by atoms with Crippen molar-refractivity contribution < 1.29 is 4.79 Å². The molecule has 0 spiro atoms. The molecule has 0 atom stereocenters. The summed E-state index contributed by atoms with van der Waals surface area (Å²) < 4.78 is 0. The van der Waals surface area contributed by atoms with Gasteiger partial charge in [0, 0.05) is 5.57 Å². The third-order valence-corrected chi connectivity index (χ3v) is 1.42. The van der Waals surface area contributed by atoms with Crippen molar-refractivity contribution in [3.8, 4) is 12.3 Å². The number of hydrogen-bond acceptors (Lipinski definition) is 1. The van der Waals surface area contributed by atoms with Gasteiger partial charge in [0.15, 0.2) is 0 Å². The van der Waals surface area contributed by atoms with Crippen LogP contribution in [0.5, 0.6) is 0 Å². The van der Waals surface area contributed by atoms with Gasteiger partial charge in [-0.1, -0.05) is 38.8 Å². The molecule has 0 aliphatic heterocycles. The quantitative estimate of drug-likeness (QED) is 0.263. The van der Waals surface area contributed by atoms with Crippen molar-refractivity contribution in [3.05, 3.63) is 23.8 Å². The van der Waals surface area contributed by atoms with Crippen molar-refractivity contribution >= 4 is 6.29 Å². The maximum Gasteiger partial charge on any atom is 0.142 e. The molecule has 0 amide bonds. The first kappa shape index (κ1) is 10.7. The second kappa shape index (κ2) is 4.56. The molecule has 0 aromatic rings. The lowest BCUT2D eigenvalue weighted by Crippen LogP contribution is -2.07. The van der Waals surface area contributed by atoms with E-state index in [9.17, 15) is 4.79 Å². The second-order valence-electron chi connectivity index (χ2n) is 3.50. The summed E-state index contributed by atoms with van der Waals surface area (Å²) in [7, 11) is 0. The predicted octanol–water partition coefficient (Wildman–Crippen LogP) is 2.35. The highest BCUT2D eigenvalue weighted by molar-refractivity contribution is 5.65. The van der Waals surface area contributed by atoms with Crippen LogP contribution in [0.3, 0.4) is 0 Å². The van der Waals surface area contributed by atoms with Crippen LogP contribution < -0.4 is 0 Å². The summed E-state index contributed by atoms with van der Waals surface area (Å²) in [6.45, 7) is 6.11. The Morgan fingerprint density at radius 3 is 2.25 bits per heavy atom. The van der Waals surface area contributed by atoms with Gasteiger partial charge in [-0.15, -0.1) is 6.42 Å². The van der Waals surface area contributed by atoms with E-state index in [1.807, 2.05) is 20.8 Å². The molecule has 1 nitrogen and oxygen atoms in total. The molecule has 0 aromatic heterocycles. The zero-order valence-corrected chi connectivity index (χ0v) is 7.79. The number of hydrogen-bond donors (Lipinski definition) is 0. The van der Waals surface area contributed by atoms with Crippen molar-refractivity contribution in [1.29, 1.82) is 0 Å². The van der Waals surface area contributed by atoms with Gasteiger partial charge in [0.2, 0.25) is 0 Å². The van der Waals surface area contributed by atoms with Crippen molar-refractivity contribution in [2.45, 2.75) is 20.8 Å². The monoisotopic (exact) mass is 162 g/mol. The summed E-state index contributed by atoms with van der Waals surface area (Å²) in [6, 6.07) is 0. The standard InChI is InChI=1S/C11H14O/c1-5-10(11(2,3)4)8-6-7-9-12/h1,6-9H,2-4H3/b7-6+,10-8+. The van der Waals surface area contributed by atoms with E-state index in [1.165, 1.54) is 6.08 Å². The third-order valence-electron chi connectivity index (χ3n) is 1.42. The lowest BCUT2D eigenvalue weighted by Gasteiger charge is -2.17. The summed E-state index contributed by atoms with van der Waals surface area (Å²) in [5, 5.41) is 0. The topological polar surface area (TPSA) is 17.1 Å². The lowest BCUT2D eigenvalue weighted by molar-refractivity contribution is -0.104. The van der Waals surface area contributed by atoms with Crippen LogP contribution >= 0.6 is 0 Å². The molecule has 0 N–H and O–H groups in total.